The van der Waals surface area contributed by atoms with Crippen molar-refractivity contribution in [1.82, 2.24) is 10.2 Å². The smallest absolute Gasteiger partial charge is 0.407 e. The lowest BCUT2D eigenvalue weighted by Crippen LogP contribution is -2.34. The van der Waals surface area contributed by atoms with Crippen molar-refractivity contribution in [3.63, 3.8) is 0 Å². The Morgan fingerprint density at radius 3 is 3.00 bits per heavy atom. The Kier molecular flexibility index (Phi) is 2.43. The minimum absolute atomic E-state index is 0.0162. The number of hydrogen-bond acceptors (Lipinski definition) is 3. The van der Waals surface area contributed by atoms with Crippen LogP contribution in [0.3, 0.4) is 0 Å². The predicted molar refractivity (Wildman–Crippen MR) is 37.5 cm³/mol. The summed E-state index contributed by atoms with van der Waals surface area (Å²) >= 11 is 0. The maximum Gasteiger partial charge on any atom is 0.407 e. The summed E-state index contributed by atoms with van der Waals surface area (Å²) in [6.07, 6.45) is -1.03. The number of Topliss-reactive ketones (excluding diaryl/α,β-unsaturated/α-hetero) is 1. The minimum atomic E-state index is -1.03. The van der Waals surface area contributed by atoms with Crippen LogP contribution in [0.5, 0.6) is 0 Å². The first-order chi connectivity index (χ1) is 5.20. The van der Waals surface area contributed by atoms with E-state index >= 15 is 0 Å². The van der Waals surface area contributed by atoms with Gasteiger partial charge in [0.2, 0.25) is 0 Å². The van der Waals surface area contributed by atoms with Crippen LogP contribution in [0.25, 0.3) is 0 Å². The van der Waals surface area contributed by atoms with Crippen molar-refractivity contribution in [1.29, 1.82) is 0 Å². The number of rotatable bonds is 0. The van der Waals surface area contributed by atoms with Crippen molar-refractivity contribution in [2.24, 2.45) is 0 Å². The van der Waals surface area contributed by atoms with E-state index < -0.39 is 6.09 Å². The molecule has 5 nitrogen and oxygen atoms in total. The Bertz CT molecular complexity index is 181. The molecule has 1 heterocycles. The fraction of sp³-hybridized carbons (Fsp3) is 0.667. The maximum atomic E-state index is 10.8. The number of hydrogen-bond donors (Lipinski definition) is 2. The van der Waals surface area contributed by atoms with E-state index in [9.17, 15) is 9.59 Å². The third-order valence-electron chi connectivity index (χ3n) is 1.52. The lowest BCUT2D eigenvalue weighted by atomic mass is 10.4. The van der Waals surface area contributed by atoms with Crippen LogP contribution in [0.15, 0.2) is 0 Å². The van der Waals surface area contributed by atoms with Crippen molar-refractivity contribution >= 4 is 11.9 Å². The van der Waals surface area contributed by atoms with Gasteiger partial charge in [-0.05, 0) is 0 Å². The number of amides is 1. The molecule has 1 aliphatic heterocycles. The topological polar surface area (TPSA) is 69.6 Å². The van der Waals surface area contributed by atoms with Gasteiger partial charge in [0.05, 0.1) is 13.1 Å². The summed E-state index contributed by atoms with van der Waals surface area (Å²) < 4.78 is 0. The van der Waals surface area contributed by atoms with Gasteiger partial charge in [0.1, 0.15) is 0 Å². The molecule has 1 fully saturated rings. The van der Waals surface area contributed by atoms with Crippen LogP contribution in [0, 0.1) is 0 Å². The Labute approximate surface area is 64.0 Å². The van der Waals surface area contributed by atoms with E-state index in [1.54, 1.807) is 0 Å². The van der Waals surface area contributed by atoms with Gasteiger partial charge in [-0.2, -0.15) is 0 Å². The summed E-state index contributed by atoms with van der Waals surface area (Å²) in [5.41, 5.74) is 0. The second-order valence-corrected chi connectivity index (χ2v) is 2.42. The lowest BCUT2D eigenvalue weighted by Gasteiger charge is -2.13. The molecular formula is C6H10N2O3. The minimum Gasteiger partial charge on any atom is -0.465 e. The van der Waals surface area contributed by atoms with Crippen LogP contribution >= 0.6 is 0 Å². The number of nitrogens with zero attached hydrogens (tertiary/aromatic N) is 1. The number of carbonyl (C=O) groups is 2. The van der Waals surface area contributed by atoms with E-state index in [2.05, 4.69) is 5.32 Å². The monoisotopic (exact) mass is 158 g/mol. The Morgan fingerprint density at radius 2 is 2.36 bits per heavy atom. The highest BCUT2D eigenvalue weighted by Gasteiger charge is 2.17. The molecule has 0 aliphatic carbocycles. The molecule has 0 aromatic heterocycles. The standard InChI is InChI=1S/C6H10N2O3/c9-5-3-7-1-2-8(4-5)6(10)11/h7H,1-4H2,(H,10,11). The van der Waals surface area contributed by atoms with E-state index in [-0.39, 0.29) is 18.9 Å². The van der Waals surface area contributed by atoms with E-state index in [0.29, 0.717) is 13.1 Å². The summed E-state index contributed by atoms with van der Waals surface area (Å²) in [6.45, 7) is 1.24. The molecule has 0 spiro atoms. The fourth-order valence-corrected chi connectivity index (χ4v) is 0.953. The average Bonchev–Trinajstić information content (AvgIpc) is 2.13. The lowest BCUT2D eigenvalue weighted by molar-refractivity contribution is -0.118. The molecule has 62 valence electrons. The first-order valence-electron chi connectivity index (χ1n) is 3.40. The third kappa shape index (κ3) is 2.19. The average molecular weight is 158 g/mol. The molecule has 0 aromatic carbocycles. The van der Waals surface area contributed by atoms with Crippen molar-refractivity contribution in [3.05, 3.63) is 0 Å². The first kappa shape index (κ1) is 8.00. The van der Waals surface area contributed by atoms with Crippen LogP contribution in [-0.4, -0.2) is 48.1 Å². The molecule has 11 heavy (non-hydrogen) atoms. The molecule has 0 aromatic rings. The largest absolute Gasteiger partial charge is 0.465 e. The van der Waals surface area contributed by atoms with E-state index in [1.807, 2.05) is 0 Å². The Balaban J connectivity index is 2.52. The summed E-state index contributed by atoms with van der Waals surface area (Å²) in [7, 11) is 0. The van der Waals surface area contributed by atoms with Crippen LogP contribution in [0.4, 0.5) is 4.79 Å². The molecule has 0 saturated carbocycles. The molecule has 1 aliphatic rings. The van der Waals surface area contributed by atoms with Gasteiger partial charge in [0, 0.05) is 13.1 Å². The van der Waals surface area contributed by atoms with Gasteiger partial charge in [-0.25, -0.2) is 4.79 Å². The highest BCUT2D eigenvalue weighted by molar-refractivity contribution is 5.85. The normalized spacial score (nSPS) is 19.6. The summed E-state index contributed by atoms with van der Waals surface area (Å²) in [5.74, 6) is -0.0788. The van der Waals surface area contributed by atoms with Crippen molar-refractivity contribution in [2.45, 2.75) is 0 Å². The predicted octanol–water partition coefficient (Wildman–Crippen LogP) is -0.861. The number of nitrogens with one attached hydrogen (secondary N) is 1. The molecule has 0 atom stereocenters. The van der Waals surface area contributed by atoms with Gasteiger partial charge < -0.3 is 10.4 Å². The number of ketones is 1. The van der Waals surface area contributed by atoms with E-state index in [4.69, 9.17) is 5.11 Å². The fourth-order valence-electron chi connectivity index (χ4n) is 0.953. The summed E-state index contributed by atoms with van der Waals surface area (Å²) in [4.78, 5) is 22.3. The molecular weight excluding hydrogens is 148 g/mol. The second-order valence-electron chi connectivity index (χ2n) is 2.42. The molecule has 0 bridgehead atoms. The Hall–Kier alpha value is -1.10. The molecule has 1 amide bonds. The van der Waals surface area contributed by atoms with Gasteiger partial charge in [0.25, 0.3) is 0 Å². The Morgan fingerprint density at radius 1 is 1.64 bits per heavy atom. The molecule has 1 rings (SSSR count). The van der Waals surface area contributed by atoms with Gasteiger partial charge >= 0.3 is 6.09 Å². The number of carboxylic acid groups (broad SMARTS) is 1. The molecule has 0 unspecified atom stereocenters. The molecule has 0 radical (unpaired) electrons. The van der Waals surface area contributed by atoms with Gasteiger partial charge in [-0.15, -0.1) is 0 Å². The van der Waals surface area contributed by atoms with E-state index in [0.717, 1.165) is 4.90 Å². The zero-order valence-corrected chi connectivity index (χ0v) is 6.04. The van der Waals surface area contributed by atoms with Gasteiger partial charge in [-0.1, -0.05) is 0 Å². The number of carbonyl (C=O) groups excluding carboxylic acids is 1. The van der Waals surface area contributed by atoms with Crippen LogP contribution in [0.2, 0.25) is 0 Å². The zero-order valence-electron chi connectivity index (χ0n) is 6.04. The van der Waals surface area contributed by atoms with Crippen LogP contribution in [-0.2, 0) is 4.79 Å². The molecule has 5 heteroatoms. The SMILES string of the molecule is O=C1CNCCN(C(=O)O)C1. The third-order valence-corrected chi connectivity index (χ3v) is 1.52. The van der Waals surface area contributed by atoms with Gasteiger partial charge in [0.15, 0.2) is 5.78 Å². The quantitative estimate of drug-likeness (QED) is 0.481. The summed E-state index contributed by atoms with van der Waals surface area (Å²) in [6, 6.07) is 0. The highest BCUT2D eigenvalue weighted by atomic mass is 16.4. The zero-order chi connectivity index (χ0) is 8.27. The van der Waals surface area contributed by atoms with Crippen molar-refractivity contribution in [2.75, 3.05) is 26.2 Å². The maximum absolute atomic E-state index is 10.8. The van der Waals surface area contributed by atoms with Gasteiger partial charge in [-0.3, -0.25) is 9.69 Å². The highest BCUT2D eigenvalue weighted by Crippen LogP contribution is 1.92. The van der Waals surface area contributed by atoms with Crippen LogP contribution < -0.4 is 5.32 Å². The second kappa shape index (κ2) is 3.34. The van der Waals surface area contributed by atoms with Crippen LogP contribution in [0.1, 0.15) is 0 Å². The van der Waals surface area contributed by atoms with E-state index in [1.165, 1.54) is 0 Å². The molecule has 2 N–H and O–H groups in total. The summed E-state index contributed by atoms with van der Waals surface area (Å²) in [5, 5.41) is 11.4. The van der Waals surface area contributed by atoms with Crippen molar-refractivity contribution < 1.29 is 14.7 Å². The molecule has 1 saturated heterocycles. The van der Waals surface area contributed by atoms with Crippen molar-refractivity contribution in [3.8, 4) is 0 Å². The first-order valence-corrected chi connectivity index (χ1v) is 3.40.